The smallest absolute Gasteiger partial charge is 0.475 e. The number of aliphatic carboxylic acids is 1. The van der Waals surface area contributed by atoms with Crippen molar-refractivity contribution in [1.29, 1.82) is 0 Å². The van der Waals surface area contributed by atoms with Gasteiger partial charge in [0.05, 0.1) is 44.3 Å². The van der Waals surface area contributed by atoms with E-state index in [1.807, 2.05) is 0 Å². The number of aryl methyl sites for hydroxylation is 1. The molecule has 0 aliphatic carbocycles. The van der Waals surface area contributed by atoms with Gasteiger partial charge in [0.15, 0.2) is 11.6 Å². The summed E-state index contributed by atoms with van der Waals surface area (Å²) in [5.41, 5.74) is -0.937. The number of aromatic nitrogens is 2. The highest BCUT2D eigenvalue weighted by molar-refractivity contribution is 7.90. The van der Waals surface area contributed by atoms with Gasteiger partial charge in [-0.1, -0.05) is 23.2 Å². The number of carboxylic acid groups (broad SMARTS) is 1. The molecule has 0 saturated carbocycles. The lowest BCUT2D eigenvalue weighted by molar-refractivity contribution is -0.192. The summed E-state index contributed by atoms with van der Waals surface area (Å²) in [7, 11) is -2.51. The molecule has 1 aliphatic heterocycles. The quantitative estimate of drug-likeness (QED) is 0.280. The van der Waals surface area contributed by atoms with E-state index in [2.05, 4.69) is 15.0 Å². The van der Waals surface area contributed by atoms with Crippen LogP contribution in [0.3, 0.4) is 0 Å². The minimum Gasteiger partial charge on any atom is -0.475 e. The topological polar surface area (TPSA) is 134 Å². The molecule has 3 aromatic rings. The van der Waals surface area contributed by atoms with Gasteiger partial charge in [0.25, 0.3) is 5.56 Å². The zero-order valence-electron chi connectivity index (χ0n) is 19.6. The van der Waals surface area contributed by atoms with E-state index >= 15 is 0 Å². The number of fused-ring (bicyclic) bond motifs is 1. The Morgan fingerprint density at radius 3 is 2.26 bits per heavy atom. The fourth-order valence-electron chi connectivity index (χ4n) is 3.41. The molecule has 39 heavy (non-hydrogen) atoms. The van der Waals surface area contributed by atoms with E-state index in [0.29, 0.717) is 37.5 Å². The first kappa shape index (κ1) is 30.3. The summed E-state index contributed by atoms with van der Waals surface area (Å²) in [5, 5.41) is 9.30. The van der Waals surface area contributed by atoms with Crippen molar-refractivity contribution in [2.24, 2.45) is 7.05 Å². The van der Waals surface area contributed by atoms with E-state index in [0.717, 1.165) is 0 Å². The number of nitrogens with zero attached hydrogens (tertiary/aromatic N) is 3. The molecule has 0 unspecified atom stereocenters. The standard InChI is InChI=1S/C19H17Cl2F2N5O3S.C2HF3O2/c1-27-9-24-11-4-5-12(15(20)14(11)19(27)29)25-18-16(21)13(8-10(22)17(18)23)26-32(30,31)28-6-2-3-7-28;3-2(4,5)1(6)7/h4-5,8-9,25-26H,2-3,6-7H2,1H3;(H,6,7). The highest BCUT2D eigenvalue weighted by Crippen LogP contribution is 2.39. The lowest BCUT2D eigenvalue weighted by atomic mass is 10.2. The van der Waals surface area contributed by atoms with Gasteiger partial charge in [0.1, 0.15) is 0 Å². The van der Waals surface area contributed by atoms with Crippen molar-refractivity contribution in [3.8, 4) is 0 Å². The van der Waals surface area contributed by atoms with Crippen LogP contribution in [0.1, 0.15) is 12.8 Å². The maximum Gasteiger partial charge on any atom is 0.490 e. The van der Waals surface area contributed by atoms with Crippen molar-refractivity contribution in [1.82, 2.24) is 13.9 Å². The molecular weight excluding hydrogens is 600 g/mol. The number of halogens is 7. The number of alkyl halides is 3. The highest BCUT2D eigenvalue weighted by atomic mass is 35.5. The Balaban J connectivity index is 0.000000532. The van der Waals surface area contributed by atoms with Crippen molar-refractivity contribution in [2.75, 3.05) is 23.1 Å². The highest BCUT2D eigenvalue weighted by Gasteiger charge is 2.38. The molecule has 1 fully saturated rings. The van der Waals surface area contributed by atoms with Gasteiger partial charge in [0.2, 0.25) is 0 Å². The van der Waals surface area contributed by atoms with Gasteiger partial charge >= 0.3 is 22.4 Å². The van der Waals surface area contributed by atoms with Crippen molar-refractivity contribution in [3.05, 3.63) is 56.6 Å². The summed E-state index contributed by atoms with van der Waals surface area (Å²) in [4.78, 5) is 25.4. The summed E-state index contributed by atoms with van der Waals surface area (Å²) in [6.07, 6.45) is -2.35. The second-order valence-corrected chi connectivity index (χ2v) is 10.5. The summed E-state index contributed by atoms with van der Waals surface area (Å²) in [6, 6.07) is 3.57. The molecule has 212 valence electrons. The molecule has 2 aromatic carbocycles. The van der Waals surface area contributed by atoms with E-state index < -0.39 is 50.3 Å². The molecule has 0 atom stereocenters. The van der Waals surface area contributed by atoms with E-state index in [9.17, 15) is 35.2 Å². The van der Waals surface area contributed by atoms with Gasteiger partial charge in [0, 0.05) is 26.2 Å². The number of rotatable bonds is 5. The van der Waals surface area contributed by atoms with Gasteiger partial charge < -0.3 is 15.0 Å². The number of hydrogen-bond acceptors (Lipinski definition) is 6. The van der Waals surface area contributed by atoms with E-state index in [-0.39, 0.29) is 21.8 Å². The molecule has 0 spiro atoms. The lowest BCUT2D eigenvalue weighted by Crippen LogP contribution is -2.33. The fraction of sp³-hybridized carbons (Fsp3) is 0.286. The number of hydrogen-bond donors (Lipinski definition) is 3. The Bertz CT molecular complexity index is 1590. The van der Waals surface area contributed by atoms with E-state index in [1.165, 1.54) is 34.4 Å². The van der Waals surface area contributed by atoms with Crippen molar-refractivity contribution < 1.29 is 40.3 Å². The Morgan fingerprint density at radius 1 is 1.10 bits per heavy atom. The molecule has 18 heteroatoms. The number of carbonyl (C=O) groups is 1. The largest absolute Gasteiger partial charge is 0.490 e. The van der Waals surface area contributed by atoms with Gasteiger partial charge in [-0.15, -0.1) is 0 Å². The van der Waals surface area contributed by atoms with Crippen LogP contribution in [0.2, 0.25) is 10.0 Å². The average molecular weight is 618 g/mol. The zero-order chi connectivity index (χ0) is 29.3. The summed E-state index contributed by atoms with van der Waals surface area (Å²) >= 11 is 12.6. The average Bonchev–Trinajstić information content (AvgIpc) is 3.40. The Morgan fingerprint density at radius 2 is 1.69 bits per heavy atom. The molecule has 0 radical (unpaired) electrons. The van der Waals surface area contributed by atoms with Crippen molar-refractivity contribution in [2.45, 2.75) is 19.0 Å². The van der Waals surface area contributed by atoms with Crippen LogP contribution in [0.5, 0.6) is 0 Å². The van der Waals surface area contributed by atoms with Crippen molar-refractivity contribution in [3.63, 3.8) is 0 Å². The molecule has 1 saturated heterocycles. The molecule has 0 amide bonds. The van der Waals surface area contributed by atoms with Crippen LogP contribution in [-0.2, 0) is 22.1 Å². The monoisotopic (exact) mass is 617 g/mol. The molecule has 0 bridgehead atoms. The van der Waals surface area contributed by atoms with Crippen LogP contribution >= 0.6 is 23.2 Å². The zero-order valence-corrected chi connectivity index (χ0v) is 21.9. The lowest BCUT2D eigenvalue weighted by Gasteiger charge is -2.19. The number of benzene rings is 2. The number of nitrogens with one attached hydrogen (secondary N) is 2. The molecule has 1 aromatic heterocycles. The van der Waals surface area contributed by atoms with Crippen molar-refractivity contribution >= 4 is 67.3 Å². The number of carboxylic acids is 1. The molecule has 2 heterocycles. The molecule has 10 nitrogen and oxygen atoms in total. The second kappa shape index (κ2) is 11.5. The SMILES string of the molecule is Cn1cnc2ccc(Nc3c(F)c(F)cc(NS(=O)(=O)N4CCCC4)c3Cl)c(Cl)c2c1=O.O=C(O)C(F)(F)F. The second-order valence-electron chi connectivity index (χ2n) is 8.03. The molecule has 3 N–H and O–H groups in total. The summed E-state index contributed by atoms with van der Waals surface area (Å²) in [6.45, 7) is 0.634. The number of anilines is 3. The first-order valence-corrected chi connectivity index (χ1v) is 12.9. The first-order valence-electron chi connectivity index (χ1n) is 10.7. The predicted octanol–water partition coefficient (Wildman–Crippen LogP) is 4.65. The maximum absolute atomic E-state index is 14.6. The minimum atomic E-state index is -5.08. The van der Waals surface area contributed by atoms with Gasteiger partial charge in [-0.2, -0.15) is 25.9 Å². The third-order valence-electron chi connectivity index (χ3n) is 5.33. The normalized spacial score (nSPS) is 14.2. The van der Waals surface area contributed by atoms with Crippen LogP contribution < -0.4 is 15.6 Å². The molecular formula is C21H18Cl2F5N5O5S. The maximum atomic E-state index is 14.6. The minimum absolute atomic E-state index is 0.0593. The van der Waals surface area contributed by atoms with E-state index in [4.69, 9.17) is 33.1 Å². The Hall–Kier alpha value is -3.21. The third-order valence-corrected chi connectivity index (χ3v) is 7.63. The molecule has 4 rings (SSSR count). The Labute approximate surface area is 227 Å². The van der Waals surface area contributed by atoms with Gasteiger partial charge in [-0.05, 0) is 25.0 Å². The van der Waals surface area contributed by atoms with Gasteiger partial charge in [-0.25, -0.2) is 18.6 Å². The predicted molar refractivity (Wildman–Crippen MR) is 134 cm³/mol. The summed E-state index contributed by atoms with van der Waals surface area (Å²) < 4.78 is 90.4. The van der Waals surface area contributed by atoms with Crippen LogP contribution in [0.15, 0.2) is 29.3 Å². The van der Waals surface area contributed by atoms with Crippen LogP contribution in [-0.4, -0.2) is 52.6 Å². The van der Waals surface area contributed by atoms with Crippen LogP contribution in [0, 0.1) is 11.6 Å². The van der Waals surface area contributed by atoms with Gasteiger partial charge in [-0.3, -0.25) is 9.52 Å². The van der Waals surface area contributed by atoms with E-state index in [1.54, 1.807) is 0 Å². The third kappa shape index (κ3) is 6.69. The fourth-order valence-corrected chi connectivity index (χ4v) is 5.29. The molecule has 1 aliphatic rings. The Kier molecular flexibility index (Phi) is 8.94. The first-order chi connectivity index (χ1) is 18.0. The van der Waals surface area contributed by atoms with Crippen LogP contribution in [0.4, 0.5) is 39.0 Å². The van der Waals surface area contributed by atoms with Crippen LogP contribution in [0.25, 0.3) is 10.9 Å². The summed E-state index contributed by atoms with van der Waals surface area (Å²) in [5.74, 6) is -5.42.